The normalized spacial score (nSPS) is 11.4. The van der Waals surface area contributed by atoms with E-state index in [1.165, 1.54) is 25.2 Å². The van der Waals surface area contributed by atoms with Crippen molar-refractivity contribution in [2.24, 2.45) is 7.05 Å². The Morgan fingerprint density at radius 2 is 1.81 bits per heavy atom. The van der Waals surface area contributed by atoms with Gasteiger partial charge in [-0.2, -0.15) is 5.10 Å². The molecule has 0 fully saturated rings. The zero-order valence-electron chi connectivity index (χ0n) is 14.2. The Bertz CT molecular complexity index is 1160. The highest BCUT2D eigenvalue weighted by molar-refractivity contribution is 7.91. The van der Waals surface area contributed by atoms with E-state index in [4.69, 9.17) is 0 Å². The molecule has 0 atom stereocenters. The highest BCUT2D eigenvalue weighted by Crippen LogP contribution is 2.27. The van der Waals surface area contributed by atoms with Gasteiger partial charge in [-0.25, -0.2) is 21.9 Å². The van der Waals surface area contributed by atoms with Gasteiger partial charge in [-0.05, 0) is 30.3 Å². The molecule has 1 aromatic heterocycles. The molecule has 0 bridgehead atoms. The molecule has 27 heavy (non-hydrogen) atoms. The molecule has 1 heterocycles. The maximum Gasteiger partial charge on any atom is 0.266 e. The van der Waals surface area contributed by atoms with E-state index in [1.54, 1.807) is 18.2 Å². The van der Waals surface area contributed by atoms with Gasteiger partial charge in [-0.3, -0.25) is 9.52 Å². The van der Waals surface area contributed by atoms with Gasteiger partial charge in [0.15, 0.2) is 0 Å². The molecular weight excluding hydrogens is 376 g/mol. The number of benzene rings is 2. The van der Waals surface area contributed by atoms with Crippen LogP contribution in [0.1, 0.15) is 5.56 Å². The summed E-state index contributed by atoms with van der Waals surface area (Å²) >= 11 is 0. The smallest absolute Gasteiger partial charge is 0.266 e. The SMILES string of the molecule is Cn1nc(-c2ccccc2NS(=O)(=O)Cc2cc(F)ccc2F)ccc1=O. The number of rotatable bonds is 5. The van der Waals surface area contributed by atoms with Crippen molar-refractivity contribution in [3.63, 3.8) is 0 Å². The van der Waals surface area contributed by atoms with E-state index in [-0.39, 0.29) is 16.8 Å². The lowest BCUT2D eigenvalue weighted by Gasteiger charge is -2.13. The first-order valence-electron chi connectivity index (χ1n) is 7.83. The lowest BCUT2D eigenvalue weighted by atomic mass is 10.1. The van der Waals surface area contributed by atoms with Crippen molar-refractivity contribution in [2.75, 3.05) is 4.72 Å². The van der Waals surface area contributed by atoms with Crippen molar-refractivity contribution in [1.29, 1.82) is 0 Å². The van der Waals surface area contributed by atoms with Crippen molar-refractivity contribution in [3.05, 3.63) is 82.1 Å². The monoisotopic (exact) mass is 391 g/mol. The van der Waals surface area contributed by atoms with E-state index in [9.17, 15) is 22.0 Å². The first-order chi connectivity index (χ1) is 12.7. The third-order valence-corrected chi connectivity index (χ3v) is 5.00. The fourth-order valence-corrected chi connectivity index (χ4v) is 3.72. The van der Waals surface area contributed by atoms with Gasteiger partial charge in [-0.1, -0.05) is 18.2 Å². The molecule has 0 aliphatic heterocycles. The molecular formula is C18H15F2N3O3S. The largest absolute Gasteiger partial charge is 0.283 e. The van der Waals surface area contributed by atoms with E-state index in [0.29, 0.717) is 11.3 Å². The average Bonchev–Trinajstić information content (AvgIpc) is 2.60. The number of para-hydroxylation sites is 1. The van der Waals surface area contributed by atoms with Crippen LogP contribution in [-0.4, -0.2) is 18.2 Å². The van der Waals surface area contributed by atoms with Gasteiger partial charge in [0.1, 0.15) is 11.6 Å². The van der Waals surface area contributed by atoms with Gasteiger partial charge in [0.2, 0.25) is 10.0 Å². The van der Waals surface area contributed by atoms with Crippen LogP contribution in [0.25, 0.3) is 11.3 Å². The molecule has 0 spiro atoms. The highest BCUT2D eigenvalue weighted by Gasteiger charge is 2.18. The highest BCUT2D eigenvalue weighted by atomic mass is 32.2. The summed E-state index contributed by atoms with van der Waals surface area (Å²) in [6, 6.07) is 11.9. The lowest BCUT2D eigenvalue weighted by Crippen LogP contribution is -2.19. The minimum atomic E-state index is -4.03. The van der Waals surface area contributed by atoms with Crippen LogP contribution < -0.4 is 10.3 Å². The second-order valence-corrected chi connectivity index (χ2v) is 7.55. The van der Waals surface area contributed by atoms with Gasteiger partial charge in [0.05, 0.1) is 17.1 Å². The van der Waals surface area contributed by atoms with Crippen molar-refractivity contribution >= 4 is 15.7 Å². The zero-order chi connectivity index (χ0) is 19.6. The molecule has 0 saturated carbocycles. The van der Waals surface area contributed by atoms with E-state index in [0.717, 1.165) is 22.9 Å². The standard InChI is InChI=1S/C18H15F2N3O3S/c1-23-18(24)9-8-16(21-23)14-4-2-3-5-17(14)22-27(25,26)11-12-10-13(19)6-7-15(12)20/h2-10,22H,11H2,1H3. The van der Waals surface area contributed by atoms with Crippen molar-refractivity contribution < 1.29 is 17.2 Å². The maximum atomic E-state index is 13.8. The van der Waals surface area contributed by atoms with Gasteiger partial charge < -0.3 is 0 Å². The van der Waals surface area contributed by atoms with Gasteiger partial charge in [0.25, 0.3) is 5.56 Å². The first kappa shape index (κ1) is 18.7. The third kappa shape index (κ3) is 4.37. The fourth-order valence-electron chi connectivity index (χ4n) is 2.50. The van der Waals surface area contributed by atoms with Crippen LogP contribution in [-0.2, 0) is 22.8 Å². The van der Waals surface area contributed by atoms with Crippen LogP contribution in [0.4, 0.5) is 14.5 Å². The molecule has 2 aromatic carbocycles. The van der Waals surface area contributed by atoms with Crippen LogP contribution in [0.3, 0.4) is 0 Å². The Hall–Kier alpha value is -3.07. The number of aromatic nitrogens is 2. The first-order valence-corrected chi connectivity index (χ1v) is 9.48. The van der Waals surface area contributed by atoms with Crippen LogP contribution >= 0.6 is 0 Å². The second-order valence-electron chi connectivity index (χ2n) is 5.82. The van der Waals surface area contributed by atoms with Crippen LogP contribution in [0.5, 0.6) is 0 Å². The molecule has 9 heteroatoms. The minimum absolute atomic E-state index is 0.209. The van der Waals surface area contributed by atoms with Gasteiger partial charge in [0, 0.05) is 24.2 Å². The molecule has 0 aliphatic carbocycles. The summed E-state index contributed by atoms with van der Waals surface area (Å²) in [5.74, 6) is -2.27. The molecule has 3 aromatic rings. The summed E-state index contributed by atoms with van der Waals surface area (Å²) < 4.78 is 55.5. The quantitative estimate of drug-likeness (QED) is 0.725. The summed E-state index contributed by atoms with van der Waals surface area (Å²) in [6.45, 7) is 0. The zero-order valence-corrected chi connectivity index (χ0v) is 15.0. The third-order valence-electron chi connectivity index (χ3n) is 3.78. The van der Waals surface area contributed by atoms with Gasteiger partial charge >= 0.3 is 0 Å². The summed E-state index contributed by atoms with van der Waals surface area (Å²) in [6.07, 6.45) is 0. The molecule has 6 nitrogen and oxygen atoms in total. The maximum absolute atomic E-state index is 13.8. The minimum Gasteiger partial charge on any atom is -0.283 e. The molecule has 0 radical (unpaired) electrons. The number of nitrogens with zero attached hydrogens (tertiary/aromatic N) is 2. The Balaban J connectivity index is 1.94. The Morgan fingerprint density at radius 1 is 1.07 bits per heavy atom. The van der Waals surface area contributed by atoms with E-state index in [2.05, 4.69) is 9.82 Å². The Labute approximate surface area is 154 Å². The lowest BCUT2D eigenvalue weighted by molar-refractivity contribution is 0.581. The predicted octanol–water partition coefficient (Wildman–Crippen LogP) is 2.67. The Morgan fingerprint density at radius 3 is 2.56 bits per heavy atom. The summed E-state index contributed by atoms with van der Waals surface area (Å²) in [4.78, 5) is 11.5. The number of hydrogen-bond acceptors (Lipinski definition) is 4. The summed E-state index contributed by atoms with van der Waals surface area (Å²) in [5, 5.41) is 4.10. The number of nitrogens with one attached hydrogen (secondary N) is 1. The van der Waals surface area contributed by atoms with Crippen molar-refractivity contribution in [1.82, 2.24) is 9.78 Å². The predicted molar refractivity (Wildman–Crippen MR) is 97.5 cm³/mol. The molecule has 1 N–H and O–H groups in total. The molecule has 3 rings (SSSR count). The molecule has 0 saturated heterocycles. The van der Waals surface area contributed by atoms with E-state index < -0.39 is 27.4 Å². The summed E-state index contributed by atoms with van der Waals surface area (Å²) in [5.41, 5.74) is 0.447. The van der Waals surface area contributed by atoms with Crippen LogP contribution in [0.15, 0.2) is 59.4 Å². The number of anilines is 1. The molecule has 0 unspecified atom stereocenters. The average molecular weight is 391 g/mol. The Kier molecular flexibility index (Phi) is 5.04. The topological polar surface area (TPSA) is 81.1 Å². The summed E-state index contributed by atoms with van der Waals surface area (Å²) in [7, 11) is -2.55. The molecule has 0 aliphatic rings. The van der Waals surface area contributed by atoms with E-state index in [1.807, 2.05) is 0 Å². The van der Waals surface area contributed by atoms with E-state index >= 15 is 0 Å². The molecule has 140 valence electrons. The fraction of sp³-hybridized carbons (Fsp3) is 0.111. The van der Waals surface area contributed by atoms with Crippen LogP contribution in [0, 0.1) is 11.6 Å². The number of sulfonamides is 1. The second kappa shape index (κ2) is 7.28. The van der Waals surface area contributed by atoms with Crippen molar-refractivity contribution in [3.8, 4) is 11.3 Å². The number of halogens is 2. The molecule has 0 amide bonds. The van der Waals surface area contributed by atoms with Gasteiger partial charge in [-0.15, -0.1) is 0 Å². The number of aryl methyl sites for hydroxylation is 1. The van der Waals surface area contributed by atoms with Crippen molar-refractivity contribution in [2.45, 2.75) is 5.75 Å². The number of hydrogen-bond donors (Lipinski definition) is 1. The van der Waals surface area contributed by atoms with Crippen LogP contribution in [0.2, 0.25) is 0 Å².